The molecule has 4 nitrogen and oxygen atoms in total. The van der Waals surface area contributed by atoms with E-state index < -0.39 is 18.9 Å². The van der Waals surface area contributed by atoms with E-state index in [0.29, 0.717) is 16.8 Å². The Morgan fingerprint density at radius 1 is 1.14 bits per heavy atom. The quantitative estimate of drug-likeness (QED) is 0.725. The standard InChI is InChI=1S/C17H16FN3O/c1-22-11-10-21-12-16(13-6-8-19-9-7-13)17(20-21)14-2-4-15(18)5-3-14/h2-9,12H,10-11H2,1H3/i10D2,11D2. The van der Waals surface area contributed by atoms with Gasteiger partial charge in [0, 0.05) is 36.8 Å². The van der Waals surface area contributed by atoms with Crippen LogP contribution in [0.25, 0.3) is 22.4 Å². The van der Waals surface area contributed by atoms with Gasteiger partial charge in [0.15, 0.2) is 0 Å². The highest BCUT2D eigenvalue weighted by molar-refractivity contribution is 5.80. The minimum Gasteiger partial charge on any atom is -0.383 e. The predicted molar refractivity (Wildman–Crippen MR) is 82.7 cm³/mol. The first-order valence-electron chi connectivity index (χ1n) is 8.58. The zero-order chi connectivity index (χ0) is 18.9. The van der Waals surface area contributed by atoms with Crippen molar-refractivity contribution >= 4 is 0 Å². The van der Waals surface area contributed by atoms with Crippen molar-refractivity contribution < 1.29 is 14.6 Å². The summed E-state index contributed by atoms with van der Waals surface area (Å²) in [4.78, 5) is 3.96. The van der Waals surface area contributed by atoms with Crippen LogP contribution in [0.3, 0.4) is 0 Å². The summed E-state index contributed by atoms with van der Waals surface area (Å²) >= 11 is 0. The molecule has 0 N–H and O–H groups in total. The third kappa shape index (κ3) is 3.04. The predicted octanol–water partition coefficient (Wildman–Crippen LogP) is 3.40. The summed E-state index contributed by atoms with van der Waals surface area (Å²) < 4.78 is 50.7. The van der Waals surface area contributed by atoms with Crippen LogP contribution in [-0.4, -0.2) is 28.4 Å². The molecule has 0 saturated carbocycles. The van der Waals surface area contributed by atoms with Crippen molar-refractivity contribution in [1.29, 1.82) is 0 Å². The Bertz CT molecular complexity index is 898. The molecule has 0 fully saturated rings. The van der Waals surface area contributed by atoms with E-state index in [-0.39, 0.29) is 0 Å². The van der Waals surface area contributed by atoms with Gasteiger partial charge in [-0.2, -0.15) is 5.10 Å². The summed E-state index contributed by atoms with van der Waals surface area (Å²) in [5, 5.41) is 4.25. The lowest BCUT2D eigenvalue weighted by Crippen LogP contribution is -2.04. The second-order valence-corrected chi connectivity index (χ2v) is 4.50. The number of aromatic nitrogens is 3. The molecule has 3 aromatic rings. The summed E-state index contributed by atoms with van der Waals surface area (Å²) in [6, 6.07) is 9.10. The molecule has 0 spiro atoms. The van der Waals surface area contributed by atoms with Crippen molar-refractivity contribution in [2.24, 2.45) is 0 Å². The summed E-state index contributed by atoms with van der Waals surface area (Å²) in [5.41, 5.74) is 2.26. The van der Waals surface area contributed by atoms with Gasteiger partial charge in [0.1, 0.15) is 11.5 Å². The van der Waals surface area contributed by atoms with Crippen LogP contribution >= 0.6 is 0 Å². The maximum atomic E-state index is 13.3. The van der Waals surface area contributed by atoms with Crippen LogP contribution in [0.5, 0.6) is 0 Å². The smallest absolute Gasteiger partial charge is 0.123 e. The number of rotatable bonds is 5. The minimum atomic E-state index is -2.60. The van der Waals surface area contributed by atoms with Crippen LogP contribution in [0, 0.1) is 5.82 Å². The normalized spacial score (nSPS) is 14.8. The number of hydrogen-bond acceptors (Lipinski definition) is 3. The van der Waals surface area contributed by atoms with E-state index in [4.69, 9.17) is 5.48 Å². The lowest BCUT2D eigenvalue weighted by Gasteiger charge is -2.02. The van der Waals surface area contributed by atoms with Crippen LogP contribution in [-0.2, 0) is 11.2 Å². The summed E-state index contributed by atoms with van der Waals surface area (Å²) in [6.07, 6.45) is 4.58. The molecule has 0 radical (unpaired) electrons. The molecule has 0 amide bonds. The Kier molecular flexibility index (Phi) is 3.02. The molecule has 0 saturated heterocycles. The van der Waals surface area contributed by atoms with Gasteiger partial charge in [0.25, 0.3) is 0 Å². The number of nitrogens with zero attached hydrogens (tertiary/aromatic N) is 3. The summed E-state index contributed by atoms with van der Waals surface area (Å²) in [7, 11) is 1.09. The van der Waals surface area contributed by atoms with Gasteiger partial charge in [-0.3, -0.25) is 9.67 Å². The molecular weight excluding hydrogens is 281 g/mol. The third-order valence-electron chi connectivity index (χ3n) is 3.09. The molecule has 0 aliphatic rings. The Balaban J connectivity index is 2.20. The molecule has 0 atom stereocenters. The number of methoxy groups -OCH3 is 1. The topological polar surface area (TPSA) is 39.9 Å². The lowest BCUT2D eigenvalue weighted by atomic mass is 10.0. The Labute approximate surface area is 133 Å². The number of aryl methyl sites for hydroxylation is 1. The molecule has 0 unspecified atom stereocenters. The van der Waals surface area contributed by atoms with Gasteiger partial charge >= 0.3 is 0 Å². The van der Waals surface area contributed by atoms with Gasteiger partial charge in [-0.25, -0.2) is 4.39 Å². The maximum absolute atomic E-state index is 13.3. The molecule has 0 aliphatic carbocycles. The van der Waals surface area contributed by atoms with Crippen molar-refractivity contribution in [2.75, 3.05) is 13.7 Å². The average molecular weight is 301 g/mol. The highest BCUT2D eigenvalue weighted by atomic mass is 19.1. The number of ether oxygens (including phenoxy) is 1. The van der Waals surface area contributed by atoms with Crippen molar-refractivity contribution in [1.82, 2.24) is 14.8 Å². The molecule has 2 aromatic heterocycles. The first-order valence-corrected chi connectivity index (χ1v) is 6.58. The zero-order valence-electron chi connectivity index (χ0n) is 15.8. The van der Waals surface area contributed by atoms with E-state index >= 15 is 0 Å². The molecule has 0 aliphatic heterocycles. The lowest BCUT2D eigenvalue weighted by molar-refractivity contribution is 0.183. The molecule has 22 heavy (non-hydrogen) atoms. The van der Waals surface area contributed by atoms with E-state index in [1.54, 1.807) is 24.5 Å². The SMILES string of the molecule is [2H]C([2H])(OC)C([2H])([2H])n1cc(-c2ccncc2)c(-c2ccc(F)cc2)n1. The van der Waals surface area contributed by atoms with Gasteiger partial charge in [-0.05, 0) is 42.0 Å². The zero-order valence-corrected chi connectivity index (χ0v) is 11.8. The van der Waals surface area contributed by atoms with Gasteiger partial charge in [-0.1, -0.05) is 0 Å². The number of halogens is 1. The van der Waals surface area contributed by atoms with Crippen molar-refractivity contribution in [3.8, 4) is 22.4 Å². The monoisotopic (exact) mass is 301 g/mol. The molecular formula is C17H16FN3O. The number of benzene rings is 1. The van der Waals surface area contributed by atoms with Gasteiger partial charge in [0.05, 0.1) is 18.5 Å². The van der Waals surface area contributed by atoms with Crippen LogP contribution in [0.1, 0.15) is 5.48 Å². The maximum Gasteiger partial charge on any atom is 0.123 e. The molecule has 0 bridgehead atoms. The van der Waals surface area contributed by atoms with Crippen molar-refractivity contribution in [2.45, 2.75) is 6.50 Å². The number of hydrogen-bond donors (Lipinski definition) is 0. The first-order chi connectivity index (χ1) is 12.3. The highest BCUT2D eigenvalue weighted by Gasteiger charge is 2.13. The van der Waals surface area contributed by atoms with Crippen LogP contribution in [0.4, 0.5) is 4.39 Å². The van der Waals surface area contributed by atoms with E-state index in [9.17, 15) is 4.39 Å². The molecule has 1 aromatic carbocycles. The van der Waals surface area contributed by atoms with Gasteiger partial charge in [-0.15, -0.1) is 0 Å². The van der Waals surface area contributed by atoms with Crippen LogP contribution in [0.15, 0.2) is 55.0 Å². The molecule has 3 rings (SSSR count). The van der Waals surface area contributed by atoms with E-state index in [1.807, 2.05) is 0 Å². The molecule has 2 heterocycles. The second kappa shape index (κ2) is 6.49. The fourth-order valence-electron chi connectivity index (χ4n) is 2.09. The first kappa shape index (κ1) is 10.2. The largest absolute Gasteiger partial charge is 0.383 e. The summed E-state index contributed by atoms with van der Waals surface area (Å²) in [6.45, 7) is -5.17. The molecule has 5 heteroatoms. The van der Waals surface area contributed by atoms with E-state index in [1.165, 1.54) is 30.5 Å². The third-order valence-corrected chi connectivity index (χ3v) is 3.09. The second-order valence-electron chi connectivity index (χ2n) is 4.50. The van der Waals surface area contributed by atoms with Crippen molar-refractivity contribution in [3.63, 3.8) is 0 Å². The Morgan fingerprint density at radius 3 is 2.55 bits per heavy atom. The fourth-order valence-corrected chi connectivity index (χ4v) is 2.09. The highest BCUT2D eigenvalue weighted by Crippen LogP contribution is 2.30. The van der Waals surface area contributed by atoms with E-state index in [0.717, 1.165) is 17.4 Å². The average Bonchev–Trinajstić information content (AvgIpc) is 3.09. The fraction of sp³-hybridized carbons (Fsp3) is 0.176. The minimum absolute atomic E-state index is 0.395. The Morgan fingerprint density at radius 2 is 1.86 bits per heavy atom. The Hall–Kier alpha value is -2.53. The van der Waals surface area contributed by atoms with E-state index in [2.05, 4.69) is 14.8 Å². The molecule has 112 valence electrons. The van der Waals surface area contributed by atoms with Gasteiger partial charge in [0.2, 0.25) is 0 Å². The number of pyridine rings is 1. The van der Waals surface area contributed by atoms with Crippen molar-refractivity contribution in [3.05, 3.63) is 60.8 Å². The van der Waals surface area contributed by atoms with Crippen LogP contribution in [0.2, 0.25) is 0 Å². The summed E-state index contributed by atoms with van der Waals surface area (Å²) in [5.74, 6) is -0.398. The van der Waals surface area contributed by atoms with Crippen LogP contribution < -0.4 is 0 Å². The van der Waals surface area contributed by atoms with Gasteiger partial charge < -0.3 is 4.74 Å².